The average molecular weight is 256 g/mol. The fraction of sp³-hybridized carbons (Fsp3) is 0.500. The molecule has 0 amide bonds. The molecule has 0 saturated heterocycles. The van der Waals surface area contributed by atoms with Crippen molar-refractivity contribution in [3.8, 4) is 0 Å². The number of hydrogen-bond acceptors (Lipinski definition) is 3. The predicted molar refractivity (Wildman–Crippen MR) is 69.3 cm³/mol. The van der Waals surface area contributed by atoms with Gasteiger partial charge >= 0.3 is 0 Å². The second-order valence-electron chi connectivity index (χ2n) is 3.82. The Morgan fingerprint density at radius 3 is 2.29 bits per heavy atom. The van der Waals surface area contributed by atoms with Gasteiger partial charge in [-0.3, -0.25) is 0 Å². The maximum atomic E-state index is 11.8. The van der Waals surface area contributed by atoms with E-state index in [1.54, 1.807) is 12.1 Å². The van der Waals surface area contributed by atoms with Gasteiger partial charge in [-0.25, -0.2) is 13.1 Å². The molecule has 4 nitrogen and oxygen atoms in total. The lowest BCUT2D eigenvalue weighted by molar-refractivity contribution is 0.580. The van der Waals surface area contributed by atoms with Crippen LogP contribution in [0, 0.1) is 0 Å². The van der Waals surface area contributed by atoms with Crippen molar-refractivity contribution in [1.29, 1.82) is 0 Å². The van der Waals surface area contributed by atoms with Gasteiger partial charge in [0, 0.05) is 13.1 Å². The normalized spacial score (nSPS) is 11.6. The van der Waals surface area contributed by atoms with Crippen LogP contribution >= 0.6 is 0 Å². The molecule has 1 rings (SSSR count). The monoisotopic (exact) mass is 256 g/mol. The van der Waals surface area contributed by atoms with Gasteiger partial charge in [-0.2, -0.15) is 0 Å². The highest BCUT2D eigenvalue weighted by Gasteiger charge is 2.12. The number of benzene rings is 1. The summed E-state index contributed by atoms with van der Waals surface area (Å²) in [6.07, 6.45) is 0.789. The lowest BCUT2D eigenvalue weighted by Crippen LogP contribution is -2.24. The lowest BCUT2D eigenvalue weighted by atomic mass is 10.2. The van der Waals surface area contributed by atoms with Gasteiger partial charge in [0.2, 0.25) is 10.0 Å². The van der Waals surface area contributed by atoms with Gasteiger partial charge in [0.05, 0.1) is 4.90 Å². The van der Waals surface area contributed by atoms with E-state index in [0.717, 1.165) is 25.1 Å². The fourth-order valence-electron chi connectivity index (χ4n) is 1.38. The van der Waals surface area contributed by atoms with Crippen LogP contribution in [0.1, 0.15) is 25.8 Å². The Hall–Kier alpha value is -0.910. The molecule has 2 N–H and O–H groups in total. The summed E-state index contributed by atoms with van der Waals surface area (Å²) in [4.78, 5) is 0.325. The zero-order chi connectivity index (χ0) is 12.7. The highest BCUT2D eigenvalue weighted by atomic mass is 32.2. The van der Waals surface area contributed by atoms with Crippen LogP contribution in [-0.4, -0.2) is 21.5 Å². The molecule has 0 saturated carbocycles. The summed E-state index contributed by atoms with van der Waals surface area (Å²) in [6, 6.07) is 6.96. The number of rotatable bonds is 7. The van der Waals surface area contributed by atoms with Gasteiger partial charge in [-0.1, -0.05) is 26.0 Å². The Morgan fingerprint density at radius 2 is 1.76 bits per heavy atom. The second kappa shape index (κ2) is 6.74. The highest BCUT2D eigenvalue weighted by Crippen LogP contribution is 2.10. The van der Waals surface area contributed by atoms with Crippen LogP contribution in [0.4, 0.5) is 0 Å². The van der Waals surface area contributed by atoms with Crippen LogP contribution in [0.3, 0.4) is 0 Å². The maximum absolute atomic E-state index is 11.8. The zero-order valence-corrected chi connectivity index (χ0v) is 11.2. The summed E-state index contributed by atoms with van der Waals surface area (Å²) in [7, 11) is -3.33. The molecule has 0 aromatic heterocycles. The molecule has 1 aromatic carbocycles. The quantitative estimate of drug-likeness (QED) is 0.777. The molecule has 0 unspecified atom stereocenters. The van der Waals surface area contributed by atoms with Crippen LogP contribution in [0.25, 0.3) is 0 Å². The molecule has 0 fully saturated rings. The zero-order valence-electron chi connectivity index (χ0n) is 10.4. The van der Waals surface area contributed by atoms with Crippen molar-refractivity contribution in [3.05, 3.63) is 29.8 Å². The minimum Gasteiger partial charge on any atom is -0.313 e. The van der Waals surface area contributed by atoms with Gasteiger partial charge in [0.1, 0.15) is 0 Å². The van der Waals surface area contributed by atoms with E-state index in [1.165, 1.54) is 0 Å². The first kappa shape index (κ1) is 14.2. The molecule has 17 heavy (non-hydrogen) atoms. The van der Waals surface area contributed by atoms with E-state index in [-0.39, 0.29) is 0 Å². The third-order valence-corrected chi connectivity index (χ3v) is 3.83. The molecule has 1 aromatic rings. The molecule has 0 aliphatic rings. The highest BCUT2D eigenvalue weighted by molar-refractivity contribution is 7.89. The van der Waals surface area contributed by atoms with Gasteiger partial charge in [0.15, 0.2) is 0 Å². The second-order valence-corrected chi connectivity index (χ2v) is 5.59. The molecule has 0 aliphatic heterocycles. The van der Waals surface area contributed by atoms with Crippen LogP contribution in [-0.2, 0) is 16.6 Å². The largest absolute Gasteiger partial charge is 0.313 e. The first-order valence-electron chi connectivity index (χ1n) is 5.89. The summed E-state index contributed by atoms with van der Waals surface area (Å²) >= 11 is 0. The Labute approximate surface area is 103 Å². The molecule has 96 valence electrons. The number of sulfonamides is 1. The van der Waals surface area contributed by atoms with Crippen molar-refractivity contribution < 1.29 is 8.42 Å². The molecule has 0 bridgehead atoms. The van der Waals surface area contributed by atoms with Crippen molar-refractivity contribution in [1.82, 2.24) is 10.0 Å². The first-order valence-corrected chi connectivity index (χ1v) is 7.37. The lowest BCUT2D eigenvalue weighted by Gasteiger charge is -2.07. The Bertz CT molecular complexity index is 426. The summed E-state index contributed by atoms with van der Waals surface area (Å²) < 4.78 is 26.1. The molecule has 0 aliphatic carbocycles. The van der Waals surface area contributed by atoms with E-state index in [4.69, 9.17) is 0 Å². The van der Waals surface area contributed by atoms with Crippen LogP contribution in [0.5, 0.6) is 0 Å². The van der Waals surface area contributed by atoms with Crippen molar-refractivity contribution in [2.75, 3.05) is 13.1 Å². The number of nitrogens with one attached hydrogen (secondary N) is 2. The van der Waals surface area contributed by atoms with Crippen molar-refractivity contribution in [2.24, 2.45) is 0 Å². The molecule has 0 spiro atoms. The van der Waals surface area contributed by atoms with Gasteiger partial charge in [-0.05, 0) is 30.7 Å². The Morgan fingerprint density at radius 1 is 1.12 bits per heavy atom. The molecule has 0 radical (unpaired) electrons. The van der Waals surface area contributed by atoms with Crippen LogP contribution < -0.4 is 10.0 Å². The maximum Gasteiger partial charge on any atom is 0.240 e. The van der Waals surface area contributed by atoms with E-state index in [2.05, 4.69) is 10.0 Å². The predicted octanol–water partition coefficient (Wildman–Crippen LogP) is 1.48. The van der Waals surface area contributed by atoms with Crippen molar-refractivity contribution in [2.45, 2.75) is 31.7 Å². The summed E-state index contributed by atoms with van der Waals surface area (Å²) in [6.45, 7) is 6.11. The minimum atomic E-state index is -3.33. The third kappa shape index (κ3) is 4.46. The van der Waals surface area contributed by atoms with E-state index in [9.17, 15) is 8.42 Å². The van der Waals surface area contributed by atoms with Crippen molar-refractivity contribution >= 4 is 10.0 Å². The average Bonchev–Trinajstić information content (AvgIpc) is 2.34. The first-order chi connectivity index (χ1) is 8.10. The Kier molecular flexibility index (Phi) is 5.61. The number of hydrogen-bond donors (Lipinski definition) is 2. The molecular formula is C12H20N2O2S. The van der Waals surface area contributed by atoms with E-state index < -0.39 is 10.0 Å². The summed E-state index contributed by atoms with van der Waals surface area (Å²) in [5, 5.41) is 3.19. The molecule has 0 atom stereocenters. The summed E-state index contributed by atoms with van der Waals surface area (Å²) in [5.74, 6) is 0. The van der Waals surface area contributed by atoms with Gasteiger partial charge < -0.3 is 5.32 Å². The minimum absolute atomic E-state index is 0.325. The standard InChI is InChI=1S/C12H20N2O2S/c1-3-9-14-17(15,16)12-7-5-11(6-8-12)10-13-4-2/h5-8,13-14H,3-4,9-10H2,1-2H3. The van der Waals surface area contributed by atoms with Gasteiger partial charge in [0.25, 0.3) is 0 Å². The van der Waals surface area contributed by atoms with Crippen molar-refractivity contribution in [3.63, 3.8) is 0 Å². The van der Waals surface area contributed by atoms with Crippen LogP contribution in [0.2, 0.25) is 0 Å². The smallest absolute Gasteiger partial charge is 0.240 e. The van der Waals surface area contributed by atoms with Crippen LogP contribution in [0.15, 0.2) is 29.2 Å². The molecular weight excluding hydrogens is 236 g/mol. The SMILES string of the molecule is CCCNS(=O)(=O)c1ccc(CNCC)cc1. The summed E-state index contributed by atoms with van der Waals surface area (Å²) in [5.41, 5.74) is 1.08. The van der Waals surface area contributed by atoms with E-state index in [0.29, 0.717) is 11.4 Å². The third-order valence-electron chi connectivity index (χ3n) is 2.35. The molecule has 5 heteroatoms. The van der Waals surface area contributed by atoms with E-state index in [1.807, 2.05) is 26.0 Å². The fourth-order valence-corrected chi connectivity index (χ4v) is 2.51. The van der Waals surface area contributed by atoms with Gasteiger partial charge in [-0.15, -0.1) is 0 Å². The Balaban J connectivity index is 2.73. The molecule has 0 heterocycles. The van der Waals surface area contributed by atoms with E-state index >= 15 is 0 Å². The topological polar surface area (TPSA) is 58.2 Å².